The number of carbonyl (C=O) groups excluding carboxylic acids is 2. The number of nitrogens with zero attached hydrogens (tertiary/aromatic N) is 1. The number of hydrogen-bond donors (Lipinski definition) is 2. The third-order valence-corrected chi connectivity index (χ3v) is 5.88. The van der Waals surface area contributed by atoms with E-state index >= 15 is 0 Å². The molecule has 0 bridgehead atoms. The van der Waals surface area contributed by atoms with Crippen LogP contribution in [0.4, 0.5) is 5.69 Å². The molecule has 0 fully saturated rings. The molecule has 2 N–H and O–H groups in total. The highest BCUT2D eigenvalue weighted by atomic mass is 32.1. The van der Waals surface area contributed by atoms with Gasteiger partial charge in [0.25, 0.3) is 11.8 Å². The van der Waals surface area contributed by atoms with Crippen molar-refractivity contribution in [3.63, 3.8) is 0 Å². The predicted molar refractivity (Wildman–Crippen MR) is 128 cm³/mol. The number of aryl methyl sites for hydroxylation is 1. The molecule has 2 amide bonds. The Labute approximate surface area is 190 Å². The average molecular weight is 446 g/mol. The smallest absolute Gasteiger partial charge is 0.276 e. The van der Waals surface area contributed by atoms with Crippen LogP contribution in [0.25, 0.3) is 10.1 Å². The number of anilines is 1. The van der Waals surface area contributed by atoms with Gasteiger partial charge in [0.05, 0.1) is 11.3 Å². The average Bonchev–Trinajstić information content (AvgIpc) is 3.24. The number of amides is 2. The number of hydrogen-bond acceptors (Lipinski definition) is 5. The minimum Gasteiger partial charge on any atom is -0.494 e. The van der Waals surface area contributed by atoms with Crippen LogP contribution >= 0.6 is 11.5 Å². The molecule has 1 heterocycles. The minimum atomic E-state index is -0.297. The van der Waals surface area contributed by atoms with Gasteiger partial charge < -0.3 is 15.4 Å². The lowest BCUT2D eigenvalue weighted by molar-refractivity contribution is 0.0949. The molecule has 0 radical (unpaired) electrons. The highest BCUT2D eigenvalue weighted by molar-refractivity contribution is 7.13. The van der Waals surface area contributed by atoms with Crippen molar-refractivity contribution in [3.05, 3.63) is 89.1 Å². The summed E-state index contributed by atoms with van der Waals surface area (Å²) in [5.41, 5.74) is 3.18. The normalized spacial score (nSPS) is 10.7. The summed E-state index contributed by atoms with van der Waals surface area (Å²) in [6.45, 7) is 4.70. The second-order valence-corrected chi connectivity index (χ2v) is 8.04. The zero-order chi connectivity index (χ0) is 22.5. The van der Waals surface area contributed by atoms with Gasteiger partial charge in [-0.25, -0.2) is 0 Å². The fraction of sp³-hybridized carbons (Fsp3) is 0.160. The number of ether oxygens (including phenoxy) is 1. The zero-order valence-electron chi connectivity index (χ0n) is 17.8. The third kappa shape index (κ3) is 4.63. The third-order valence-electron chi connectivity index (χ3n) is 5.05. The van der Waals surface area contributed by atoms with Crippen LogP contribution in [0.5, 0.6) is 5.75 Å². The molecule has 0 atom stereocenters. The van der Waals surface area contributed by atoms with Crippen LogP contribution in [0.3, 0.4) is 0 Å². The summed E-state index contributed by atoms with van der Waals surface area (Å²) < 4.78 is 10.9. The van der Waals surface area contributed by atoms with Crippen LogP contribution in [0.1, 0.15) is 38.9 Å². The van der Waals surface area contributed by atoms with E-state index in [-0.39, 0.29) is 11.8 Å². The van der Waals surface area contributed by atoms with E-state index < -0.39 is 0 Å². The first-order valence-corrected chi connectivity index (χ1v) is 11.1. The summed E-state index contributed by atoms with van der Waals surface area (Å²) in [4.78, 5) is 25.6. The van der Waals surface area contributed by atoms with Crippen LogP contribution in [-0.4, -0.2) is 22.8 Å². The van der Waals surface area contributed by atoms with Crippen molar-refractivity contribution in [1.82, 2.24) is 9.69 Å². The second-order valence-electron chi connectivity index (χ2n) is 7.23. The minimum absolute atomic E-state index is 0.231. The Morgan fingerprint density at radius 3 is 2.62 bits per heavy atom. The Morgan fingerprint density at radius 1 is 1.00 bits per heavy atom. The molecule has 0 saturated heterocycles. The van der Waals surface area contributed by atoms with Gasteiger partial charge in [-0.2, -0.15) is 4.37 Å². The zero-order valence-corrected chi connectivity index (χ0v) is 18.7. The highest BCUT2D eigenvalue weighted by Gasteiger charge is 2.16. The van der Waals surface area contributed by atoms with Crippen LogP contribution < -0.4 is 15.4 Å². The number of benzene rings is 3. The lowest BCUT2D eigenvalue weighted by Crippen LogP contribution is -2.23. The SMILES string of the molecule is CCOc1ccccc1CNC(=O)c1ccc(C)c(NC(=O)c2nsc3ccccc23)c1. The maximum Gasteiger partial charge on any atom is 0.276 e. The predicted octanol–water partition coefficient (Wildman–Crippen LogP) is 5.19. The van der Waals surface area contributed by atoms with E-state index in [4.69, 9.17) is 4.74 Å². The summed E-state index contributed by atoms with van der Waals surface area (Å²) >= 11 is 1.29. The molecule has 0 aliphatic heterocycles. The summed E-state index contributed by atoms with van der Waals surface area (Å²) in [6, 6.07) is 20.5. The summed E-state index contributed by atoms with van der Waals surface area (Å²) in [5, 5.41) is 6.64. The number of para-hydroxylation sites is 1. The summed E-state index contributed by atoms with van der Waals surface area (Å²) in [5.74, 6) is 0.224. The number of nitrogens with one attached hydrogen (secondary N) is 2. The van der Waals surface area contributed by atoms with E-state index in [1.54, 1.807) is 12.1 Å². The highest BCUT2D eigenvalue weighted by Crippen LogP contribution is 2.24. The van der Waals surface area contributed by atoms with Gasteiger partial charge in [0.2, 0.25) is 0 Å². The van der Waals surface area contributed by atoms with E-state index in [1.807, 2.05) is 68.4 Å². The van der Waals surface area contributed by atoms with E-state index in [0.717, 1.165) is 27.0 Å². The maximum atomic E-state index is 12.9. The fourth-order valence-corrected chi connectivity index (χ4v) is 4.13. The van der Waals surface area contributed by atoms with Crippen LogP contribution in [0.2, 0.25) is 0 Å². The Bertz CT molecular complexity index is 1280. The molecule has 7 heteroatoms. The molecule has 0 unspecified atom stereocenters. The molecule has 0 spiro atoms. The number of carbonyl (C=O) groups is 2. The number of rotatable bonds is 7. The van der Waals surface area contributed by atoms with E-state index in [1.165, 1.54) is 11.5 Å². The van der Waals surface area contributed by atoms with Crippen molar-refractivity contribution in [2.45, 2.75) is 20.4 Å². The van der Waals surface area contributed by atoms with Crippen LogP contribution in [0.15, 0.2) is 66.7 Å². The first kappa shape index (κ1) is 21.5. The van der Waals surface area contributed by atoms with Crippen molar-refractivity contribution in [2.24, 2.45) is 0 Å². The second kappa shape index (κ2) is 9.62. The molecule has 0 saturated carbocycles. The number of fused-ring (bicyclic) bond motifs is 1. The quantitative estimate of drug-likeness (QED) is 0.410. The molecule has 162 valence electrons. The topological polar surface area (TPSA) is 80.3 Å². The largest absolute Gasteiger partial charge is 0.494 e. The van der Waals surface area contributed by atoms with Crippen LogP contribution in [-0.2, 0) is 6.54 Å². The van der Waals surface area contributed by atoms with Gasteiger partial charge in [0.1, 0.15) is 11.4 Å². The van der Waals surface area contributed by atoms with Crippen molar-refractivity contribution < 1.29 is 14.3 Å². The van der Waals surface area contributed by atoms with E-state index in [9.17, 15) is 9.59 Å². The Balaban J connectivity index is 1.49. The van der Waals surface area contributed by atoms with Crippen LogP contribution in [0, 0.1) is 6.92 Å². The maximum absolute atomic E-state index is 12.9. The molecule has 6 nitrogen and oxygen atoms in total. The monoisotopic (exact) mass is 445 g/mol. The Morgan fingerprint density at radius 2 is 1.78 bits per heavy atom. The Hall–Kier alpha value is -3.71. The van der Waals surface area contributed by atoms with Gasteiger partial charge in [-0.1, -0.05) is 42.5 Å². The molecular formula is C25H23N3O3S. The molecule has 0 aliphatic rings. The lowest BCUT2D eigenvalue weighted by atomic mass is 10.1. The van der Waals surface area contributed by atoms with Gasteiger partial charge in [0, 0.05) is 28.7 Å². The molecule has 1 aromatic heterocycles. The summed E-state index contributed by atoms with van der Waals surface area (Å²) in [7, 11) is 0. The van der Waals surface area contributed by atoms with Crippen molar-refractivity contribution in [3.8, 4) is 5.75 Å². The van der Waals surface area contributed by atoms with Crippen molar-refractivity contribution in [2.75, 3.05) is 11.9 Å². The molecule has 32 heavy (non-hydrogen) atoms. The van der Waals surface area contributed by atoms with Gasteiger partial charge in [0.15, 0.2) is 0 Å². The Kier molecular flexibility index (Phi) is 6.47. The molecule has 4 aromatic rings. The molecule has 0 aliphatic carbocycles. The van der Waals surface area contributed by atoms with Gasteiger partial charge in [-0.05, 0) is 55.2 Å². The van der Waals surface area contributed by atoms with Gasteiger partial charge in [-0.3, -0.25) is 9.59 Å². The number of aromatic nitrogens is 1. The standard InChI is InChI=1S/C25H23N3O3S/c1-3-31-21-10-6-4-8-18(21)15-26-24(29)17-13-12-16(2)20(14-17)27-25(30)23-19-9-5-7-11-22(19)32-28-23/h4-14H,3,15H2,1-2H3,(H,26,29)(H,27,30). The van der Waals surface area contributed by atoms with Crippen molar-refractivity contribution >= 4 is 39.1 Å². The molecular weight excluding hydrogens is 422 g/mol. The van der Waals surface area contributed by atoms with Gasteiger partial charge in [-0.15, -0.1) is 0 Å². The van der Waals surface area contributed by atoms with E-state index in [2.05, 4.69) is 15.0 Å². The van der Waals surface area contributed by atoms with E-state index in [0.29, 0.717) is 30.1 Å². The van der Waals surface area contributed by atoms with Gasteiger partial charge >= 0.3 is 0 Å². The first-order chi connectivity index (χ1) is 15.6. The first-order valence-electron chi connectivity index (χ1n) is 10.3. The summed E-state index contributed by atoms with van der Waals surface area (Å²) in [6.07, 6.45) is 0. The molecule has 4 rings (SSSR count). The van der Waals surface area contributed by atoms with Crippen molar-refractivity contribution in [1.29, 1.82) is 0 Å². The lowest BCUT2D eigenvalue weighted by Gasteiger charge is -2.12. The fourth-order valence-electron chi connectivity index (χ4n) is 3.35. The molecule has 3 aromatic carbocycles.